The molecule has 1 saturated heterocycles. The van der Waals surface area contributed by atoms with Crippen molar-refractivity contribution in [3.63, 3.8) is 0 Å². The Bertz CT molecular complexity index is 374. The molecule has 0 aromatic heterocycles. The second kappa shape index (κ2) is 5.85. The van der Waals surface area contributed by atoms with E-state index in [1.54, 1.807) is 0 Å². The standard InChI is InChI=1S/C14H20ClNO/c1-10-12(4-3-5-13(10)15)14(16-2)11-6-8-17-9-7-11/h3-5,11,14,16H,6-9H2,1-2H3. The number of nitrogens with one attached hydrogen (secondary N) is 1. The molecule has 17 heavy (non-hydrogen) atoms. The van der Waals surface area contributed by atoms with Gasteiger partial charge in [-0.05, 0) is 49.9 Å². The smallest absolute Gasteiger partial charge is 0.0469 e. The first-order valence-corrected chi connectivity index (χ1v) is 6.62. The molecular weight excluding hydrogens is 234 g/mol. The van der Waals surface area contributed by atoms with Gasteiger partial charge in [-0.2, -0.15) is 0 Å². The average molecular weight is 254 g/mol. The van der Waals surface area contributed by atoms with Crippen LogP contribution in [0.2, 0.25) is 5.02 Å². The van der Waals surface area contributed by atoms with Crippen LogP contribution in [0.5, 0.6) is 0 Å². The Labute approximate surface area is 108 Å². The lowest BCUT2D eigenvalue weighted by Crippen LogP contribution is -2.30. The highest BCUT2D eigenvalue weighted by molar-refractivity contribution is 6.31. The number of halogens is 1. The zero-order valence-electron chi connectivity index (χ0n) is 10.5. The minimum Gasteiger partial charge on any atom is -0.381 e. The molecule has 0 aliphatic carbocycles. The SMILES string of the molecule is CNC(c1cccc(Cl)c1C)C1CCOCC1. The third kappa shape index (κ3) is 2.82. The van der Waals surface area contributed by atoms with E-state index in [1.807, 2.05) is 19.2 Å². The van der Waals surface area contributed by atoms with Crippen LogP contribution in [0.25, 0.3) is 0 Å². The second-order valence-corrected chi connectivity index (χ2v) is 5.08. The van der Waals surface area contributed by atoms with E-state index in [0.29, 0.717) is 12.0 Å². The highest BCUT2D eigenvalue weighted by Gasteiger charge is 2.25. The summed E-state index contributed by atoms with van der Waals surface area (Å²) < 4.78 is 5.43. The summed E-state index contributed by atoms with van der Waals surface area (Å²) in [6, 6.07) is 6.56. The quantitative estimate of drug-likeness (QED) is 0.892. The molecule has 2 nitrogen and oxygen atoms in total. The molecule has 3 heteroatoms. The minimum absolute atomic E-state index is 0.387. The van der Waals surface area contributed by atoms with E-state index in [0.717, 1.165) is 31.1 Å². The van der Waals surface area contributed by atoms with Crippen molar-refractivity contribution in [3.05, 3.63) is 34.3 Å². The number of benzene rings is 1. The first-order chi connectivity index (χ1) is 8.24. The molecule has 0 amide bonds. The second-order valence-electron chi connectivity index (χ2n) is 4.67. The predicted molar refractivity (Wildman–Crippen MR) is 71.5 cm³/mol. The summed E-state index contributed by atoms with van der Waals surface area (Å²) in [5.74, 6) is 0.644. The van der Waals surface area contributed by atoms with E-state index in [9.17, 15) is 0 Å². The van der Waals surface area contributed by atoms with Crippen LogP contribution in [0.15, 0.2) is 18.2 Å². The Hall–Kier alpha value is -0.570. The Morgan fingerprint density at radius 3 is 2.71 bits per heavy atom. The van der Waals surface area contributed by atoms with Crippen LogP contribution in [-0.2, 0) is 4.74 Å². The molecule has 1 aliphatic rings. The zero-order valence-corrected chi connectivity index (χ0v) is 11.3. The number of hydrogen-bond acceptors (Lipinski definition) is 2. The fraction of sp³-hybridized carbons (Fsp3) is 0.571. The van der Waals surface area contributed by atoms with Crippen LogP contribution in [0.3, 0.4) is 0 Å². The summed E-state index contributed by atoms with van der Waals surface area (Å²) in [6.07, 6.45) is 2.24. The van der Waals surface area contributed by atoms with Crippen molar-refractivity contribution < 1.29 is 4.74 Å². The van der Waals surface area contributed by atoms with Crippen molar-refractivity contribution in [2.75, 3.05) is 20.3 Å². The Morgan fingerprint density at radius 1 is 1.35 bits per heavy atom. The Morgan fingerprint density at radius 2 is 2.06 bits per heavy atom. The third-order valence-electron chi connectivity index (χ3n) is 3.69. The van der Waals surface area contributed by atoms with Gasteiger partial charge in [0, 0.05) is 24.3 Å². The lowest BCUT2D eigenvalue weighted by Gasteiger charge is -2.31. The van der Waals surface area contributed by atoms with Crippen molar-refractivity contribution >= 4 is 11.6 Å². The number of hydrogen-bond donors (Lipinski definition) is 1. The van der Waals surface area contributed by atoms with E-state index in [-0.39, 0.29) is 0 Å². The van der Waals surface area contributed by atoms with Gasteiger partial charge in [0.05, 0.1) is 0 Å². The van der Waals surface area contributed by atoms with Gasteiger partial charge >= 0.3 is 0 Å². The summed E-state index contributed by atoms with van der Waals surface area (Å²) >= 11 is 6.20. The van der Waals surface area contributed by atoms with Crippen LogP contribution in [0.1, 0.15) is 30.0 Å². The van der Waals surface area contributed by atoms with Crippen molar-refractivity contribution in [3.8, 4) is 0 Å². The van der Waals surface area contributed by atoms with Gasteiger partial charge in [0.15, 0.2) is 0 Å². The maximum atomic E-state index is 6.20. The Balaban J connectivity index is 2.24. The van der Waals surface area contributed by atoms with Crippen molar-refractivity contribution in [1.29, 1.82) is 0 Å². The van der Waals surface area contributed by atoms with Gasteiger partial charge < -0.3 is 10.1 Å². The van der Waals surface area contributed by atoms with Gasteiger partial charge in [-0.3, -0.25) is 0 Å². The molecule has 1 N–H and O–H groups in total. The molecule has 0 bridgehead atoms. The first-order valence-electron chi connectivity index (χ1n) is 6.24. The van der Waals surface area contributed by atoms with Crippen molar-refractivity contribution in [1.82, 2.24) is 5.32 Å². The largest absolute Gasteiger partial charge is 0.381 e. The van der Waals surface area contributed by atoms with Crippen LogP contribution in [0.4, 0.5) is 0 Å². The molecule has 2 rings (SSSR count). The molecule has 1 unspecified atom stereocenters. The van der Waals surface area contributed by atoms with E-state index in [4.69, 9.17) is 16.3 Å². The van der Waals surface area contributed by atoms with Gasteiger partial charge in [0.2, 0.25) is 0 Å². The van der Waals surface area contributed by atoms with Gasteiger partial charge in [0.25, 0.3) is 0 Å². The first kappa shape index (κ1) is 12.9. The molecule has 1 atom stereocenters. The van der Waals surface area contributed by atoms with E-state index >= 15 is 0 Å². The van der Waals surface area contributed by atoms with Crippen LogP contribution in [0, 0.1) is 12.8 Å². The minimum atomic E-state index is 0.387. The van der Waals surface area contributed by atoms with Crippen molar-refractivity contribution in [2.45, 2.75) is 25.8 Å². The van der Waals surface area contributed by atoms with E-state index < -0.39 is 0 Å². The average Bonchev–Trinajstić information content (AvgIpc) is 2.37. The van der Waals surface area contributed by atoms with Gasteiger partial charge in [-0.1, -0.05) is 23.7 Å². The molecule has 0 radical (unpaired) electrons. The summed E-state index contributed by atoms with van der Waals surface area (Å²) in [5, 5.41) is 4.30. The van der Waals surface area contributed by atoms with Crippen LogP contribution < -0.4 is 5.32 Å². The van der Waals surface area contributed by atoms with Gasteiger partial charge in [-0.25, -0.2) is 0 Å². The zero-order chi connectivity index (χ0) is 12.3. The molecule has 0 spiro atoms. The lowest BCUT2D eigenvalue weighted by molar-refractivity contribution is 0.0545. The molecule has 94 valence electrons. The van der Waals surface area contributed by atoms with Crippen LogP contribution >= 0.6 is 11.6 Å². The normalized spacial score (nSPS) is 19.2. The molecule has 1 aromatic carbocycles. The summed E-state index contributed by atoms with van der Waals surface area (Å²) in [6.45, 7) is 3.85. The summed E-state index contributed by atoms with van der Waals surface area (Å²) in [4.78, 5) is 0. The topological polar surface area (TPSA) is 21.3 Å². The van der Waals surface area contributed by atoms with Gasteiger partial charge in [0.1, 0.15) is 0 Å². The highest BCUT2D eigenvalue weighted by atomic mass is 35.5. The maximum Gasteiger partial charge on any atom is 0.0469 e. The molecule has 1 aliphatic heterocycles. The molecular formula is C14H20ClNO. The number of ether oxygens (including phenoxy) is 1. The molecule has 1 fully saturated rings. The Kier molecular flexibility index (Phi) is 4.43. The molecule has 1 aromatic rings. The lowest BCUT2D eigenvalue weighted by atomic mass is 9.85. The van der Waals surface area contributed by atoms with E-state index in [2.05, 4.69) is 18.3 Å². The summed E-state index contributed by atoms with van der Waals surface area (Å²) in [5.41, 5.74) is 2.52. The van der Waals surface area contributed by atoms with Crippen molar-refractivity contribution in [2.24, 2.45) is 5.92 Å². The fourth-order valence-corrected chi connectivity index (χ4v) is 2.84. The van der Waals surface area contributed by atoms with Gasteiger partial charge in [-0.15, -0.1) is 0 Å². The molecule has 1 heterocycles. The predicted octanol–water partition coefficient (Wildman–Crippen LogP) is 3.34. The fourth-order valence-electron chi connectivity index (χ4n) is 2.66. The van der Waals surface area contributed by atoms with Crippen LogP contribution in [-0.4, -0.2) is 20.3 Å². The third-order valence-corrected chi connectivity index (χ3v) is 4.10. The monoisotopic (exact) mass is 253 g/mol. The van der Waals surface area contributed by atoms with E-state index in [1.165, 1.54) is 11.1 Å². The number of rotatable bonds is 3. The maximum absolute atomic E-state index is 6.20. The highest BCUT2D eigenvalue weighted by Crippen LogP contribution is 2.33. The molecule has 0 saturated carbocycles. The summed E-state index contributed by atoms with van der Waals surface area (Å²) in [7, 11) is 2.03.